The Balaban J connectivity index is 2.91. The van der Waals surface area contributed by atoms with Gasteiger partial charge >= 0.3 is 5.97 Å². The van der Waals surface area contributed by atoms with Gasteiger partial charge in [0.2, 0.25) is 0 Å². The first kappa shape index (κ1) is 15.7. The summed E-state index contributed by atoms with van der Waals surface area (Å²) in [4.78, 5) is 10.9. The fourth-order valence-corrected chi connectivity index (χ4v) is 2.66. The smallest absolute Gasteiger partial charge is 0.320 e. The molecule has 0 amide bonds. The van der Waals surface area contributed by atoms with Crippen molar-refractivity contribution in [1.29, 1.82) is 0 Å². The van der Waals surface area contributed by atoms with E-state index >= 15 is 0 Å². The number of hydrogen-bond acceptors (Lipinski definition) is 2. The summed E-state index contributed by atoms with van der Waals surface area (Å²) in [6.07, 6.45) is 1.47. The van der Waals surface area contributed by atoms with E-state index in [0.717, 1.165) is 6.42 Å². The zero-order valence-electron chi connectivity index (χ0n) is 12.3. The van der Waals surface area contributed by atoms with Crippen LogP contribution < -0.4 is 5.73 Å². The first-order valence-electron chi connectivity index (χ1n) is 6.92. The Hall–Kier alpha value is -1.35. The summed E-state index contributed by atoms with van der Waals surface area (Å²) in [6, 6.07) is 5.67. The summed E-state index contributed by atoms with van der Waals surface area (Å²) in [7, 11) is 0. The number of benzene rings is 1. The van der Waals surface area contributed by atoms with Crippen LogP contribution in [-0.4, -0.2) is 17.1 Å². The SMILES string of the molecule is CCC(CC(N)C(=O)O)C(C)c1cc(C)ccc1C. The maximum Gasteiger partial charge on any atom is 0.320 e. The predicted molar refractivity (Wildman–Crippen MR) is 78.3 cm³/mol. The molecule has 0 heterocycles. The molecule has 1 aromatic carbocycles. The minimum atomic E-state index is -0.911. The highest BCUT2D eigenvalue weighted by Crippen LogP contribution is 2.32. The van der Waals surface area contributed by atoms with E-state index in [9.17, 15) is 4.79 Å². The van der Waals surface area contributed by atoms with E-state index in [1.54, 1.807) is 0 Å². The first-order chi connectivity index (χ1) is 8.86. The van der Waals surface area contributed by atoms with Crippen LogP contribution in [0.3, 0.4) is 0 Å². The third-order valence-electron chi connectivity index (χ3n) is 4.03. The number of carboxylic acids is 1. The average Bonchev–Trinajstić information content (AvgIpc) is 2.37. The van der Waals surface area contributed by atoms with Gasteiger partial charge in [-0.3, -0.25) is 4.79 Å². The normalized spacial score (nSPS) is 15.8. The molecular formula is C16H25NO2. The second-order valence-corrected chi connectivity index (χ2v) is 5.50. The maximum absolute atomic E-state index is 10.9. The quantitative estimate of drug-likeness (QED) is 0.828. The van der Waals surface area contributed by atoms with Gasteiger partial charge in [-0.1, -0.05) is 44.0 Å². The van der Waals surface area contributed by atoms with Gasteiger partial charge in [-0.15, -0.1) is 0 Å². The minimum Gasteiger partial charge on any atom is -0.480 e. The van der Waals surface area contributed by atoms with Gasteiger partial charge in [0.05, 0.1) is 0 Å². The highest BCUT2D eigenvalue weighted by atomic mass is 16.4. The van der Waals surface area contributed by atoms with E-state index in [4.69, 9.17) is 10.8 Å². The van der Waals surface area contributed by atoms with Crippen molar-refractivity contribution in [2.45, 2.75) is 52.5 Å². The Morgan fingerprint density at radius 3 is 2.53 bits per heavy atom. The summed E-state index contributed by atoms with van der Waals surface area (Å²) in [5.74, 6) is -0.284. The molecule has 3 atom stereocenters. The van der Waals surface area contributed by atoms with Crippen LogP contribution in [0.15, 0.2) is 18.2 Å². The van der Waals surface area contributed by atoms with Crippen LogP contribution in [0.5, 0.6) is 0 Å². The summed E-state index contributed by atoms with van der Waals surface area (Å²) >= 11 is 0. The van der Waals surface area contributed by atoms with Crippen LogP contribution in [0.25, 0.3) is 0 Å². The monoisotopic (exact) mass is 263 g/mol. The first-order valence-corrected chi connectivity index (χ1v) is 6.92. The van der Waals surface area contributed by atoms with Crippen LogP contribution in [0.2, 0.25) is 0 Å². The molecule has 0 saturated heterocycles. The molecule has 3 N–H and O–H groups in total. The third kappa shape index (κ3) is 4.06. The second-order valence-electron chi connectivity index (χ2n) is 5.50. The number of aliphatic carboxylic acids is 1. The van der Waals surface area contributed by atoms with Crippen molar-refractivity contribution in [3.63, 3.8) is 0 Å². The van der Waals surface area contributed by atoms with Crippen LogP contribution in [0, 0.1) is 19.8 Å². The molecule has 106 valence electrons. The Labute approximate surface area is 115 Å². The topological polar surface area (TPSA) is 63.3 Å². The van der Waals surface area contributed by atoms with Crippen molar-refractivity contribution in [3.8, 4) is 0 Å². The van der Waals surface area contributed by atoms with Gasteiger partial charge in [0.15, 0.2) is 0 Å². The summed E-state index contributed by atoms with van der Waals surface area (Å²) in [6.45, 7) is 8.46. The number of rotatable bonds is 6. The van der Waals surface area contributed by atoms with E-state index in [2.05, 4.69) is 45.9 Å². The van der Waals surface area contributed by atoms with Gasteiger partial charge < -0.3 is 10.8 Å². The van der Waals surface area contributed by atoms with E-state index in [1.165, 1.54) is 16.7 Å². The predicted octanol–water partition coefficient (Wildman–Crippen LogP) is 3.24. The molecule has 19 heavy (non-hydrogen) atoms. The lowest BCUT2D eigenvalue weighted by molar-refractivity contribution is -0.139. The molecule has 3 heteroatoms. The summed E-state index contributed by atoms with van der Waals surface area (Å²) < 4.78 is 0. The molecule has 3 nitrogen and oxygen atoms in total. The van der Waals surface area contributed by atoms with E-state index in [-0.39, 0.29) is 0 Å². The van der Waals surface area contributed by atoms with Gasteiger partial charge in [0, 0.05) is 0 Å². The molecule has 0 radical (unpaired) electrons. The lowest BCUT2D eigenvalue weighted by Crippen LogP contribution is -2.33. The highest BCUT2D eigenvalue weighted by molar-refractivity contribution is 5.73. The highest BCUT2D eigenvalue weighted by Gasteiger charge is 2.24. The largest absolute Gasteiger partial charge is 0.480 e. The lowest BCUT2D eigenvalue weighted by atomic mass is 9.80. The zero-order chi connectivity index (χ0) is 14.6. The van der Waals surface area contributed by atoms with Gasteiger partial charge in [-0.2, -0.15) is 0 Å². The second kappa shape index (κ2) is 6.71. The molecule has 3 unspecified atom stereocenters. The minimum absolute atomic E-state index is 0.298. The van der Waals surface area contributed by atoms with Crippen molar-refractivity contribution in [2.75, 3.05) is 0 Å². The molecule has 0 aliphatic heterocycles. The zero-order valence-corrected chi connectivity index (χ0v) is 12.3. The van der Waals surface area contributed by atoms with E-state index in [1.807, 2.05) is 0 Å². The summed E-state index contributed by atoms with van der Waals surface area (Å²) in [5.41, 5.74) is 9.49. The van der Waals surface area contributed by atoms with Crippen molar-refractivity contribution >= 4 is 5.97 Å². The number of aryl methyl sites for hydroxylation is 2. The molecule has 1 aromatic rings. The molecule has 0 fully saturated rings. The Morgan fingerprint density at radius 1 is 1.37 bits per heavy atom. The molecule has 0 spiro atoms. The molecule has 0 aromatic heterocycles. The fourth-order valence-electron chi connectivity index (χ4n) is 2.66. The molecule has 0 saturated carbocycles. The number of carbonyl (C=O) groups is 1. The van der Waals surface area contributed by atoms with Crippen LogP contribution in [0.4, 0.5) is 0 Å². The van der Waals surface area contributed by atoms with Crippen molar-refractivity contribution in [1.82, 2.24) is 0 Å². The molecular weight excluding hydrogens is 238 g/mol. The summed E-state index contributed by atoms with van der Waals surface area (Å²) in [5, 5.41) is 8.95. The van der Waals surface area contributed by atoms with Crippen LogP contribution >= 0.6 is 0 Å². The van der Waals surface area contributed by atoms with Crippen molar-refractivity contribution < 1.29 is 9.90 Å². The Kier molecular flexibility index (Phi) is 5.55. The van der Waals surface area contributed by atoms with Gasteiger partial charge in [0.1, 0.15) is 6.04 Å². The third-order valence-corrected chi connectivity index (χ3v) is 4.03. The lowest BCUT2D eigenvalue weighted by Gasteiger charge is -2.26. The van der Waals surface area contributed by atoms with Crippen molar-refractivity contribution in [3.05, 3.63) is 34.9 Å². The molecule has 0 bridgehead atoms. The number of hydrogen-bond donors (Lipinski definition) is 2. The van der Waals surface area contributed by atoms with Crippen LogP contribution in [0.1, 0.15) is 49.3 Å². The van der Waals surface area contributed by atoms with E-state index < -0.39 is 12.0 Å². The van der Waals surface area contributed by atoms with Gasteiger partial charge in [-0.05, 0) is 43.2 Å². The van der Waals surface area contributed by atoms with Crippen LogP contribution in [-0.2, 0) is 4.79 Å². The molecule has 0 aliphatic rings. The van der Waals surface area contributed by atoms with Gasteiger partial charge in [-0.25, -0.2) is 0 Å². The number of carboxylic acid groups (broad SMARTS) is 1. The van der Waals surface area contributed by atoms with E-state index in [0.29, 0.717) is 18.3 Å². The molecule has 0 aliphatic carbocycles. The Bertz CT molecular complexity index is 442. The standard InChI is InChI=1S/C16H25NO2/c1-5-13(9-15(17)16(18)19)12(4)14-8-10(2)6-7-11(14)3/h6-8,12-13,15H,5,9,17H2,1-4H3,(H,18,19). The molecule has 1 rings (SSSR count). The average molecular weight is 263 g/mol. The van der Waals surface area contributed by atoms with Crippen molar-refractivity contribution in [2.24, 2.45) is 11.7 Å². The maximum atomic E-state index is 10.9. The number of nitrogens with two attached hydrogens (primary N) is 1. The van der Waals surface area contributed by atoms with Gasteiger partial charge in [0.25, 0.3) is 0 Å². The Morgan fingerprint density at radius 2 is 2.00 bits per heavy atom. The fraction of sp³-hybridized carbons (Fsp3) is 0.562.